The van der Waals surface area contributed by atoms with Crippen LogP contribution in [0, 0.1) is 0 Å². The van der Waals surface area contributed by atoms with Gasteiger partial charge in [0.1, 0.15) is 0 Å². The van der Waals surface area contributed by atoms with E-state index in [-0.39, 0.29) is 25.1 Å². The van der Waals surface area contributed by atoms with Crippen molar-refractivity contribution >= 4 is 17.9 Å². The van der Waals surface area contributed by atoms with Crippen LogP contribution >= 0.6 is 0 Å². The molecule has 1 aliphatic rings. The van der Waals surface area contributed by atoms with Gasteiger partial charge in [0, 0.05) is 13.1 Å². The zero-order chi connectivity index (χ0) is 13.5. The first-order valence-corrected chi connectivity index (χ1v) is 5.98. The summed E-state index contributed by atoms with van der Waals surface area (Å²) in [5, 5.41) is 4.46. The number of ether oxygens (including phenoxy) is 1. The van der Waals surface area contributed by atoms with E-state index in [1.165, 1.54) is 7.05 Å². The Morgan fingerprint density at radius 2 is 1.94 bits per heavy atom. The number of imide groups is 1. The van der Waals surface area contributed by atoms with Gasteiger partial charge in [-0.2, -0.15) is 0 Å². The normalized spacial score (nSPS) is 14.2. The molecule has 0 aromatic carbocycles. The predicted molar refractivity (Wildman–Crippen MR) is 63.8 cm³/mol. The van der Waals surface area contributed by atoms with Crippen molar-refractivity contribution in [2.45, 2.75) is 25.8 Å². The molecular formula is C11H19N3O4. The van der Waals surface area contributed by atoms with E-state index in [0.29, 0.717) is 6.61 Å². The van der Waals surface area contributed by atoms with Crippen LogP contribution in [0.2, 0.25) is 0 Å². The lowest BCUT2D eigenvalue weighted by Gasteiger charge is -2.19. The molecule has 1 rings (SSSR count). The highest BCUT2D eigenvalue weighted by molar-refractivity contribution is 5.95. The number of urea groups is 1. The molecule has 0 aromatic rings. The molecule has 0 bridgehead atoms. The second-order valence-corrected chi connectivity index (χ2v) is 4.07. The second-order valence-electron chi connectivity index (χ2n) is 4.07. The molecule has 0 heterocycles. The average Bonchev–Trinajstić information content (AvgIpc) is 3.12. The largest absolute Gasteiger partial charge is 0.465 e. The Morgan fingerprint density at radius 1 is 1.28 bits per heavy atom. The summed E-state index contributed by atoms with van der Waals surface area (Å²) >= 11 is 0. The number of rotatable bonds is 6. The monoisotopic (exact) mass is 257 g/mol. The minimum atomic E-state index is -0.549. The zero-order valence-electron chi connectivity index (χ0n) is 10.7. The Balaban J connectivity index is 2.40. The van der Waals surface area contributed by atoms with Gasteiger partial charge in [0.05, 0.1) is 19.7 Å². The van der Waals surface area contributed by atoms with Gasteiger partial charge in [-0.1, -0.05) is 0 Å². The molecular weight excluding hydrogens is 238 g/mol. The lowest BCUT2D eigenvalue weighted by molar-refractivity contribution is -0.144. The lowest BCUT2D eigenvalue weighted by Crippen LogP contribution is -2.45. The van der Waals surface area contributed by atoms with Crippen molar-refractivity contribution in [1.82, 2.24) is 15.5 Å². The molecule has 0 aromatic heterocycles. The maximum atomic E-state index is 11.5. The fourth-order valence-corrected chi connectivity index (χ4v) is 1.54. The topological polar surface area (TPSA) is 87.7 Å². The fourth-order valence-electron chi connectivity index (χ4n) is 1.54. The van der Waals surface area contributed by atoms with Gasteiger partial charge in [0.2, 0.25) is 5.91 Å². The molecule has 1 aliphatic carbocycles. The molecule has 1 fully saturated rings. The molecule has 102 valence electrons. The first-order chi connectivity index (χ1) is 8.56. The van der Waals surface area contributed by atoms with Gasteiger partial charge in [0.15, 0.2) is 0 Å². The number of nitrogens with zero attached hydrogens (tertiary/aromatic N) is 1. The summed E-state index contributed by atoms with van der Waals surface area (Å²) in [6.45, 7) is 2.16. The molecule has 1 saturated carbocycles. The van der Waals surface area contributed by atoms with Gasteiger partial charge < -0.3 is 10.1 Å². The van der Waals surface area contributed by atoms with E-state index in [0.717, 1.165) is 12.8 Å². The minimum absolute atomic E-state index is 0.0247. The number of nitrogens with one attached hydrogen (secondary N) is 2. The summed E-state index contributed by atoms with van der Waals surface area (Å²) in [5.41, 5.74) is 0. The van der Waals surface area contributed by atoms with E-state index in [1.807, 2.05) is 0 Å². The fraction of sp³-hybridized carbons (Fsp3) is 0.727. The first kappa shape index (κ1) is 14.4. The number of hydrogen-bond donors (Lipinski definition) is 2. The van der Waals surface area contributed by atoms with E-state index >= 15 is 0 Å². The predicted octanol–water partition coefficient (Wildman–Crippen LogP) is -0.530. The zero-order valence-corrected chi connectivity index (χ0v) is 10.7. The molecule has 2 N–H and O–H groups in total. The van der Waals surface area contributed by atoms with Crippen molar-refractivity contribution in [3.8, 4) is 0 Å². The van der Waals surface area contributed by atoms with Crippen molar-refractivity contribution in [2.75, 3.05) is 26.7 Å². The highest BCUT2D eigenvalue weighted by Gasteiger charge is 2.32. The molecule has 3 amide bonds. The highest BCUT2D eigenvalue weighted by atomic mass is 16.5. The lowest BCUT2D eigenvalue weighted by atomic mass is 10.4. The first-order valence-electron chi connectivity index (χ1n) is 5.98. The van der Waals surface area contributed by atoms with Crippen LogP contribution in [0.3, 0.4) is 0 Å². The van der Waals surface area contributed by atoms with Crippen LogP contribution in [0.15, 0.2) is 0 Å². The molecule has 0 spiro atoms. The van der Waals surface area contributed by atoms with Crippen LogP contribution in [-0.2, 0) is 14.3 Å². The van der Waals surface area contributed by atoms with Crippen molar-refractivity contribution in [2.24, 2.45) is 0 Å². The third-order valence-electron chi connectivity index (χ3n) is 2.53. The minimum Gasteiger partial charge on any atom is -0.465 e. The number of amides is 3. The van der Waals surface area contributed by atoms with Crippen LogP contribution in [0.25, 0.3) is 0 Å². The Labute approximate surface area is 106 Å². The standard InChI is InChI=1S/C11H19N3O4/c1-3-18-10(16)7-14(8-4-5-8)6-9(15)13-11(17)12-2/h8H,3-7H2,1-2H3,(H2,12,13,15,17). The Bertz CT molecular complexity index is 328. The third-order valence-corrected chi connectivity index (χ3v) is 2.53. The third kappa shape index (κ3) is 5.13. The maximum absolute atomic E-state index is 11.5. The van der Waals surface area contributed by atoms with E-state index in [2.05, 4.69) is 10.6 Å². The van der Waals surface area contributed by atoms with Crippen molar-refractivity contribution in [1.29, 1.82) is 0 Å². The highest BCUT2D eigenvalue weighted by Crippen LogP contribution is 2.26. The summed E-state index contributed by atoms with van der Waals surface area (Å²) < 4.78 is 4.84. The molecule has 0 radical (unpaired) electrons. The van der Waals surface area contributed by atoms with Crippen LogP contribution in [0.1, 0.15) is 19.8 Å². The number of carbonyl (C=O) groups excluding carboxylic acids is 3. The van der Waals surface area contributed by atoms with E-state index in [4.69, 9.17) is 4.74 Å². The maximum Gasteiger partial charge on any atom is 0.321 e. The van der Waals surface area contributed by atoms with Gasteiger partial charge in [-0.15, -0.1) is 0 Å². The Morgan fingerprint density at radius 3 is 2.44 bits per heavy atom. The van der Waals surface area contributed by atoms with Gasteiger partial charge >= 0.3 is 12.0 Å². The van der Waals surface area contributed by atoms with Gasteiger partial charge in [-0.25, -0.2) is 4.79 Å². The molecule has 0 saturated heterocycles. The van der Waals surface area contributed by atoms with Gasteiger partial charge in [0.25, 0.3) is 0 Å². The number of carbonyl (C=O) groups is 3. The molecule has 0 atom stereocenters. The van der Waals surface area contributed by atoms with Gasteiger partial charge in [-0.05, 0) is 19.8 Å². The quantitative estimate of drug-likeness (QED) is 0.625. The van der Waals surface area contributed by atoms with Crippen molar-refractivity contribution in [3.05, 3.63) is 0 Å². The van der Waals surface area contributed by atoms with Crippen LogP contribution in [0.5, 0.6) is 0 Å². The molecule has 7 nitrogen and oxygen atoms in total. The summed E-state index contributed by atoms with van der Waals surface area (Å²) in [5.74, 6) is -0.775. The molecule has 7 heteroatoms. The molecule has 0 aliphatic heterocycles. The summed E-state index contributed by atoms with van der Waals surface area (Å²) in [6, 6.07) is -0.309. The van der Waals surface area contributed by atoms with E-state index < -0.39 is 11.9 Å². The second kappa shape index (κ2) is 6.95. The Kier molecular flexibility index (Phi) is 5.57. The van der Waals surface area contributed by atoms with E-state index in [1.54, 1.807) is 11.8 Å². The van der Waals surface area contributed by atoms with Crippen LogP contribution < -0.4 is 10.6 Å². The summed E-state index contributed by atoms with van der Waals surface area (Å²) in [7, 11) is 1.43. The smallest absolute Gasteiger partial charge is 0.321 e. The summed E-state index contributed by atoms with van der Waals surface area (Å²) in [6.07, 6.45) is 1.93. The van der Waals surface area contributed by atoms with Crippen LogP contribution in [-0.4, -0.2) is 55.6 Å². The number of esters is 1. The average molecular weight is 257 g/mol. The Hall–Kier alpha value is -1.63. The SMILES string of the molecule is CCOC(=O)CN(CC(=O)NC(=O)NC)C1CC1. The molecule has 0 unspecified atom stereocenters. The van der Waals surface area contributed by atoms with Crippen molar-refractivity contribution < 1.29 is 19.1 Å². The number of hydrogen-bond acceptors (Lipinski definition) is 5. The molecule has 18 heavy (non-hydrogen) atoms. The van der Waals surface area contributed by atoms with E-state index in [9.17, 15) is 14.4 Å². The summed E-state index contributed by atoms with van der Waals surface area (Å²) in [4.78, 5) is 35.6. The van der Waals surface area contributed by atoms with Crippen molar-refractivity contribution in [3.63, 3.8) is 0 Å². The van der Waals surface area contributed by atoms with Crippen LogP contribution in [0.4, 0.5) is 4.79 Å². The van der Waals surface area contributed by atoms with Gasteiger partial charge in [-0.3, -0.25) is 19.8 Å².